The van der Waals surface area contributed by atoms with Crippen molar-refractivity contribution in [3.63, 3.8) is 0 Å². The Labute approximate surface area is 386 Å². The maximum absolute atomic E-state index is 12.9. The third-order valence-corrected chi connectivity index (χ3v) is 23.7. The molecule has 0 radical (unpaired) electrons. The van der Waals surface area contributed by atoms with Gasteiger partial charge in [0.15, 0.2) is 11.6 Å². The van der Waals surface area contributed by atoms with Gasteiger partial charge in [0.05, 0.1) is 65.0 Å². The smallest absolute Gasteiger partial charge is 0.174 e. The van der Waals surface area contributed by atoms with Gasteiger partial charge in [-0.1, -0.05) is 53.2 Å². The number of aliphatic hydroxyl groups is 5. The zero-order valence-corrected chi connectivity index (χ0v) is 40.6. The molecule has 11 nitrogen and oxygen atoms in total. The van der Waals surface area contributed by atoms with E-state index in [9.17, 15) is 25.5 Å². The maximum atomic E-state index is 12.9. The second kappa shape index (κ2) is 13.0. The Kier molecular flexibility index (Phi) is 8.73. The van der Waals surface area contributed by atoms with Crippen molar-refractivity contribution in [2.45, 2.75) is 211 Å². The van der Waals surface area contributed by atoms with Crippen LogP contribution in [0, 0.1) is 80.8 Å². The summed E-state index contributed by atoms with van der Waals surface area (Å²) in [5.41, 5.74) is 1.52. The fraction of sp³-hybridized carbons (Fsp3) is 0.889. The molecule has 4 aliphatic heterocycles. The Morgan fingerprint density at radius 2 is 1.34 bits per heavy atom. The molecule has 5 saturated carbocycles. The molecule has 11 heteroatoms. The van der Waals surface area contributed by atoms with E-state index in [-0.39, 0.29) is 64.3 Å². The molecule has 23 unspecified atom stereocenters. The quantitative estimate of drug-likeness (QED) is 0.183. The third-order valence-electron chi connectivity index (χ3n) is 23.7. The van der Waals surface area contributed by atoms with E-state index >= 15 is 0 Å². The van der Waals surface area contributed by atoms with Crippen LogP contribution in [0.25, 0.3) is 0 Å². The molecule has 5 heterocycles. The summed E-state index contributed by atoms with van der Waals surface area (Å²) in [7, 11) is 0. The highest BCUT2D eigenvalue weighted by Gasteiger charge is 2.78. The lowest BCUT2D eigenvalue weighted by Crippen LogP contribution is -2.66. The summed E-state index contributed by atoms with van der Waals surface area (Å²) in [6.45, 7) is 19.9. The lowest BCUT2D eigenvalue weighted by molar-refractivity contribution is -0.289. The molecular weight excluding hydrogens is 821 g/mol. The van der Waals surface area contributed by atoms with Crippen molar-refractivity contribution in [2.75, 3.05) is 6.61 Å². The topological polar surface area (TPSA) is 164 Å². The first-order valence-electron chi connectivity index (χ1n) is 26.2. The fourth-order valence-corrected chi connectivity index (χ4v) is 19.9. The van der Waals surface area contributed by atoms with Gasteiger partial charge in [-0.2, -0.15) is 0 Å². The second-order valence-electron chi connectivity index (χ2n) is 26.8. The number of nitrogens with zero attached hydrogens (tertiary/aromatic N) is 2. The van der Waals surface area contributed by atoms with Crippen molar-refractivity contribution in [3.05, 3.63) is 34.4 Å². The van der Waals surface area contributed by atoms with E-state index in [1.54, 1.807) is 6.92 Å². The monoisotopic (exact) mass is 899 g/mol. The van der Waals surface area contributed by atoms with Gasteiger partial charge in [-0.3, -0.25) is 9.97 Å². The first-order valence-corrected chi connectivity index (χ1v) is 26.2. The van der Waals surface area contributed by atoms with Crippen LogP contribution in [0.2, 0.25) is 0 Å². The number of aliphatic hydroxyl groups excluding tert-OH is 3. The van der Waals surface area contributed by atoms with Crippen molar-refractivity contribution in [3.8, 4) is 0 Å². The van der Waals surface area contributed by atoms with Gasteiger partial charge in [-0.05, 0) is 144 Å². The molecule has 358 valence electrons. The highest BCUT2D eigenvalue weighted by Crippen LogP contribution is 2.73. The van der Waals surface area contributed by atoms with Crippen LogP contribution in [-0.4, -0.2) is 101 Å². The number of ether oxygens (including phenoxy) is 4. The lowest BCUT2D eigenvalue weighted by Gasteiger charge is -2.62. The highest BCUT2D eigenvalue weighted by atomic mass is 16.7. The van der Waals surface area contributed by atoms with Crippen LogP contribution in [-0.2, 0) is 44.6 Å². The molecule has 0 amide bonds. The summed E-state index contributed by atoms with van der Waals surface area (Å²) in [5, 5.41) is 60.9. The Morgan fingerprint density at radius 1 is 0.677 bits per heavy atom. The van der Waals surface area contributed by atoms with E-state index in [0.29, 0.717) is 55.3 Å². The van der Waals surface area contributed by atoms with Gasteiger partial charge in [0.25, 0.3) is 0 Å². The molecule has 5 N–H and O–H groups in total. The molecule has 1 aromatic heterocycles. The lowest BCUT2D eigenvalue weighted by atomic mass is 9.43. The van der Waals surface area contributed by atoms with E-state index in [2.05, 4.69) is 41.5 Å². The maximum Gasteiger partial charge on any atom is 0.174 e. The van der Waals surface area contributed by atoms with Crippen LogP contribution in [0.3, 0.4) is 0 Å². The van der Waals surface area contributed by atoms with Crippen molar-refractivity contribution in [1.29, 1.82) is 0 Å². The average Bonchev–Trinajstić information content (AvgIpc) is 3.94. The highest BCUT2D eigenvalue weighted by molar-refractivity contribution is 5.43. The van der Waals surface area contributed by atoms with Gasteiger partial charge in [0.1, 0.15) is 11.7 Å². The van der Waals surface area contributed by atoms with E-state index in [1.165, 1.54) is 18.5 Å². The molecule has 0 bridgehead atoms. The van der Waals surface area contributed by atoms with Crippen molar-refractivity contribution in [1.82, 2.24) is 9.97 Å². The normalized spacial score (nSPS) is 59.8. The second-order valence-corrected chi connectivity index (χ2v) is 26.8. The van der Waals surface area contributed by atoms with Gasteiger partial charge < -0.3 is 44.5 Å². The van der Waals surface area contributed by atoms with Crippen LogP contribution in [0.4, 0.5) is 0 Å². The SMILES string of the molecule is CC1C2C(CC3C4CCC5Cc6nc7c(nc6CC5(C)C4CC(O)C32C)CC2CC(O)C3C4=CC5OC6(CCC(C)(O)CO6)C(C)C5(O)C4(C)C(O)CC3C2(C)C7)OC12CCC(C)(C)O2. The zero-order valence-electron chi connectivity index (χ0n) is 40.6. The van der Waals surface area contributed by atoms with Crippen molar-refractivity contribution in [2.24, 2.45) is 80.8 Å². The van der Waals surface area contributed by atoms with Gasteiger partial charge in [-0.15, -0.1) is 0 Å². The Bertz CT molecular complexity index is 2240. The summed E-state index contributed by atoms with van der Waals surface area (Å²) in [6.07, 6.45) is 11.3. The molecule has 2 spiro atoms. The minimum Gasteiger partial charge on any atom is -0.393 e. The first kappa shape index (κ1) is 43.5. The largest absolute Gasteiger partial charge is 0.393 e. The molecule has 9 fully saturated rings. The van der Waals surface area contributed by atoms with Gasteiger partial charge in [-0.25, -0.2) is 0 Å². The van der Waals surface area contributed by atoms with Crippen LogP contribution >= 0.6 is 0 Å². The Balaban J connectivity index is 0.767. The predicted octanol–water partition coefficient (Wildman–Crippen LogP) is 6.40. The van der Waals surface area contributed by atoms with Crippen LogP contribution in [0.1, 0.15) is 149 Å². The van der Waals surface area contributed by atoms with E-state index in [1.807, 2.05) is 19.9 Å². The minimum atomic E-state index is -1.42. The Morgan fingerprint density at radius 3 is 2.00 bits per heavy atom. The summed E-state index contributed by atoms with van der Waals surface area (Å²) in [4.78, 5) is 11.2. The number of rotatable bonds is 0. The van der Waals surface area contributed by atoms with E-state index in [0.717, 1.165) is 74.0 Å². The molecule has 23 atom stereocenters. The molecule has 4 saturated heterocycles. The van der Waals surface area contributed by atoms with Crippen LogP contribution in [0.5, 0.6) is 0 Å². The number of aromatic nitrogens is 2. The zero-order chi connectivity index (χ0) is 45.6. The minimum absolute atomic E-state index is 0.00200. The number of hydrogen-bond donors (Lipinski definition) is 5. The molecular formula is C54H78N2O9. The standard InChI is InChI=1S/C54H78N2O9/c1-26-45-40(63-52(26)14-12-46(3,4)65-52)19-32-30-11-10-28-16-35-37(23-48(28,6)31(30)20-41(58)50(32,45)8)56-36-17-29-18-39(57)44-33(49(29,7)24-38(36)55-35)21-42(59)51(9)34(44)22-43-54(51,61)27(2)53(64-43)15-13-47(5,60)25-62-53/h22,26-33,39-45,57-61H,10-21,23-25H2,1-9H3. The van der Waals surface area contributed by atoms with Crippen molar-refractivity contribution < 1.29 is 44.5 Å². The van der Waals surface area contributed by atoms with Gasteiger partial charge >= 0.3 is 0 Å². The average molecular weight is 899 g/mol. The molecule has 1 aromatic rings. The first-order chi connectivity index (χ1) is 30.4. The predicted molar refractivity (Wildman–Crippen MR) is 240 cm³/mol. The van der Waals surface area contributed by atoms with Crippen LogP contribution < -0.4 is 0 Å². The molecule has 13 rings (SSSR count). The fourth-order valence-electron chi connectivity index (χ4n) is 19.9. The van der Waals surface area contributed by atoms with Gasteiger partial charge in [0, 0.05) is 47.3 Å². The Hall–Kier alpha value is -1.54. The van der Waals surface area contributed by atoms with Crippen LogP contribution in [0.15, 0.2) is 11.6 Å². The molecule has 12 aliphatic rings. The molecule has 0 aromatic carbocycles. The van der Waals surface area contributed by atoms with Crippen molar-refractivity contribution >= 4 is 0 Å². The van der Waals surface area contributed by atoms with E-state index < -0.39 is 52.4 Å². The number of hydrogen-bond acceptors (Lipinski definition) is 11. The summed E-state index contributed by atoms with van der Waals surface area (Å²) in [5.74, 6) is 0.428. The summed E-state index contributed by atoms with van der Waals surface area (Å²) < 4.78 is 26.8. The van der Waals surface area contributed by atoms with E-state index in [4.69, 9.17) is 28.9 Å². The third kappa shape index (κ3) is 5.20. The summed E-state index contributed by atoms with van der Waals surface area (Å²) in [6, 6.07) is 0. The number of fused-ring (bicyclic) bond motifs is 16. The summed E-state index contributed by atoms with van der Waals surface area (Å²) >= 11 is 0. The molecule has 8 aliphatic carbocycles. The molecule has 65 heavy (non-hydrogen) atoms. The van der Waals surface area contributed by atoms with Gasteiger partial charge in [0.2, 0.25) is 0 Å².